The third kappa shape index (κ3) is 2.86. The minimum atomic E-state index is 0.390. The highest BCUT2D eigenvalue weighted by atomic mass is 14.3. The van der Waals surface area contributed by atoms with Crippen molar-refractivity contribution in [3.05, 3.63) is 17.6 Å². The van der Waals surface area contributed by atoms with E-state index in [-0.39, 0.29) is 0 Å². The fourth-order valence-corrected chi connectivity index (χ4v) is 2.26. The van der Waals surface area contributed by atoms with Gasteiger partial charge in [-0.25, -0.2) is 0 Å². The van der Waals surface area contributed by atoms with Gasteiger partial charge in [0.1, 0.15) is 0 Å². The molecular formula is C13H23. The SMILES string of the molecule is CC[CH]C1=C(C(C)(C)C)CCCC1. The first-order valence-electron chi connectivity index (χ1n) is 5.61. The van der Waals surface area contributed by atoms with Crippen LogP contribution in [0, 0.1) is 11.8 Å². The average molecular weight is 179 g/mol. The monoisotopic (exact) mass is 179 g/mol. The fraction of sp³-hybridized carbons (Fsp3) is 0.769. The zero-order chi connectivity index (χ0) is 9.90. The molecule has 75 valence electrons. The molecule has 0 atom stereocenters. The molecule has 1 radical (unpaired) electrons. The molecule has 0 saturated heterocycles. The Bertz CT molecular complexity index is 191. The van der Waals surface area contributed by atoms with Gasteiger partial charge >= 0.3 is 0 Å². The van der Waals surface area contributed by atoms with Gasteiger partial charge in [0.25, 0.3) is 0 Å². The van der Waals surface area contributed by atoms with E-state index >= 15 is 0 Å². The summed E-state index contributed by atoms with van der Waals surface area (Å²) in [6.07, 6.45) is 9.06. The molecule has 0 heterocycles. The molecule has 0 aliphatic heterocycles. The van der Waals surface area contributed by atoms with Gasteiger partial charge in [-0.05, 0) is 43.9 Å². The predicted octanol–water partition coefficient (Wildman–Crippen LogP) is 4.52. The lowest BCUT2D eigenvalue weighted by Crippen LogP contribution is -2.15. The average Bonchev–Trinajstić information content (AvgIpc) is 2.04. The van der Waals surface area contributed by atoms with Crippen LogP contribution in [-0.4, -0.2) is 0 Å². The van der Waals surface area contributed by atoms with Gasteiger partial charge in [-0.3, -0.25) is 0 Å². The Labute approximate surface area is 83.4 Å². The highest BCUT2D eigenvalue weighted by molar-refractivity contribution is 5.28. The molecule has 0 unspecified atom stereocenters. The molecule has 0 amide bonds. The van der Waals surface area contributed by atoms with Crippen LogP contribution >= 0.6 is 0 Å². The zero-order valence-electron chi connectivity index (χ0n) is 9.61. The van der Waals surface area contributed by atoms with Crippen LogP contribution < -0.4 is 0 Å². The number of allylic oxidation sites excluding steroid dienone is 2. The molecule has 0 N–H and O–H groups in total. The lowest BCUT2D eigenvalue weighted by Gasteiger charge is -2.30. The molecule has 0 heteroatoms. The second-order valence-corrected chi connectivity index (χ2v) is 5.07. The highest BCUT2D eigenvalue weighted by Crippen LogP contribution is 2.38. The van der Waals surface area contributed by atoms with Crippen molar-refractivity contribution >= 4 is 0 Å². The Morgan fingerprint density at radius 1 is 1.15 bits per heavy atom. The van der Waals surface area contributed by atoms with Crippen LogP contribution in [0.25, 0.3) is 0 Å². The van der Waals surface area contributed by atoms with E-state index in [0.717, 1.165) is 0 Å². The third-order valence-electron chi connectivity index (χ3n) is 2.87. The molecular weight excluding hydrogens is 156 g/mol. The van der Waals surface area contributed by atoms with Crippen molar-refractivity contribution in [2.75, 3.05) is 0 Å². The van der Waals surface area contributed by atoms with E-state index in [1.165, 1.54) is 32.1 Å². The van der Waals surface area contributed by atoms with Crippen LogP contribution in [0.2, 0.25) is 0 Å². The van der Waals surface area contributed by atoms with Crippen molar-refractivity contribution < 1.29 is 0 Å². The molecule has 13 heavy (non-hydrogen) atoms. The van der Waals surface area contributed by atoms with Crippen LogP contribution in [0.15, 0.2) is 11.1 Å². The summed E-state index contributed by atoms with van der Waals surface area (Å²) in [6, 6.07) is 0. The molecule has 0 aromatic rings. The maximum absolute atomic E-state index is 2.43. The quantitative estimate of drug-likeness (QED) is 0.584. The first-order valence-corrected chi connectivity index (χ1v) is 5.61. The van der Waals surface area contributed by atoms with Crippen molar-refractivity contribution in [1.29, 1.82) is 0 Å². The number of hydrogen-bond donors (Lipinski definition) is 0. The van der Waals surface area contributed by atoms with Gasteiger partial charge in [-0.15, -0.1) is 0 Å². The van der Waals surface area contributed by atoms with Crippen molar-refractivity contribution in [3.8, 4) is 0 Å². The van der Waals surface area contributed by atoms with E-state index in [4.69, 9.17) is 0 Å². The Morgan fingerprint density at radius 2 is 1.77 bits per heavy atom. The van der Waals surface area contributed by atoms with Gasteiger partial charge in [0.2, 0.25) is 0 Å². The lowest BCUT2D eigenvalue weighted by molar-refractivity contribution is 0.451. The van der Waals surface area contributed by atoms with Crippen LogP contribution in [0.4, 0.5) is 0 Å². The summed E-state index contributed by atoms with van der Waals surface area (Å²) in [5.41, 5.74) is 3.75. The van der Waals surface area contributed by atoms with Crippen molar-refractivity contribution in [3.63, 3.8) is 0 Å². The zero-order valence-corrected chi connectivity index (χ0v) is 9.61. The van der Waals surface area contributed by atoms with E-state index in [9.17, 15) is 0 Å². The van der Waals surface area contributed by atoms with Crippen molar-refractivity contribution in [1.82, 2.24) is 0 Å². The Kier molecular flexibility index (Phi) is 3.58. The van der Waals surface area contributed by atoms with Gasteiger partial charge in [0, 0.05) is 0 Å². The van der Waals surface area contributed by atoms with Crippen molar-refractivity contribution in [2.45, 2.75) is 59.8 Å². The summed E-state index contributed by atoms with van der Waals surface area (Å²) in [4.78, 5) is 0. The van der Waals surface area contributed by atoms with Gasteiger partial charge in [-0.2, -0.15) is 0 Å². The maximum Gasteiger partial charge on any atom is -0.0137 e. The first kappa shape index (κ1) is 10.8. The molecule has 0 aromatic carbocycles. The van der Waals surface area contributed by atoms with Crippen LogP contribution in [0.3, 0.4) is 0 Å². The highest BCUT2D eigenvalue weighted by Gasteiger charge is 2.22. The normalized spacial score (nSPS) is 19.4. The summed E-state index contributed by atoms with van der Waals surface area (Å²) >= 11 is 0. The van der Waals surface area contributed by atoms with E-state index in [0.29, 0.717) is 5.41 Å². The molecule has 0 bridgehead atoms. The van der Waals surface area contributed by atoms with E-state index < -0.39 is 0 Å². The van der Waals surface area contributed by atoms with E-state index in [2.05, 4.69) is 34.1 Å². The Morgan fingerprint density at radius 3 is 2.31 bits per heavy atom. The second-order valence-electron chi connectivity index (χ2n) is 5.07. The lowest BCUT2D eigenvalue weighted by atomic mass is 9.75. The van der Waals surface area contributed by atoms with Gasteiger partial charge in [0.05, 0.1) is 0 Å². The van der Waals surface area contributed by atoms with Gasteiger partial charge < -0.3 is 0 Å². The minimum absolute atomic E-state index is 0.390. The number of rotatable bonds is 2. The van der Waals surface area contributed by atoms with E-state index in [1.807, 2.05) is 0 Å². The standard InChI is InChI=1S/C13H23/c1-5-8-11-9-6-7-10-12(11)13(2,3)4/h8H,5-7,9-10H2,1-4H3. The van der Waals surface area contributed by atoms with Crippen molar-refractivity contribution in [2.24, 2.45) is 5.41 Å². The Hall–Kier alpha value is -0.260. The molecule has 0 spiro atoms. The summed E-state index contributed by atoms with van der Waals surface area (Å²) in [6.45, 7) is 9.27. The second kappa shape index (κ2) is 4.30. The molecule has 0 saturated carbocycles. The molecule has 0 fully saturated rings. The van der Waals surface area contributed by atoms with Crippen LogP contribution in [0.5, 0.6) is 0 Å². The third-order valence-corrected chi connectivity index (χ3v) is 2.87. The van der Waals surface area contributed by atoms with Crippen LogP contribution in [0.1, 0.15) is 59.8 Å². The van der Waals surface area contributed by atoms with Gasteiger partial charge in [-0.1, -0.05) is 38.8 Å². The topological polar surface area (TPSA) is 0 Å². The largest absolute Gasteiger partial charge is 0.0668 e. The smallest absolute Gasteiger partial charge is 0.0137 e. The maximum atomic E-state index is 2.43. The molecule has 1 aliphatic carbocycles. The minimum Gasteiger partial charge on any atom is -0.0668 e. The number of hydrogen-bond acceptors (Lipinski definition) is 0. The van der Waals surface area contributed by atoms with Gasteiger partial charge in [0.15, 0.2) is 0 Å². The van der Waals surface area contributed by atoms with E-state index in [1.54, 1.807) is 11.1 Å². The molecule has 0 nitrogen and oxygen atoms in total. The summed E-state index contributed by atoms with van der Waals surface area (Å²) in [7, 11) is 0. The first-order chi connectivity index (χ1) is 6.05. The summed E-state index contributed by atoms with van der Waals surface area (Å²) in [5, 5.41) is 0. The molecule has 0 aromatic heterocycles. The molecule has 1 rings (SSSR count). The molecule has 1 aliphatic rings. The predicted molar refractivity (Wildman–Crippen MR) is 59.5 cm³/mol. The summed E-state index contributed by atoms with van der Waals surface area (Å²) in [5.74, 6) is 0. The van der Waals surface area contributed by atoms with Crippen LogP contribution in [-0.2, 0) is 0 Å². The Balaban J connectivity index is 2.83. The fourth-order valence-electron chi connectivity index (χ4n) is 2.26. The summed E-state index contributed by atoms with van der Waals surface area (Å²) < 4.78 is 0.